The molecule has 0 aliphatic carbocycles. The zero-order valence-electron chi connectivity index (χ0n) is 10.1. The van der Waals surface area contributed by atoms with Crippen molar-refractivity contribution in [2.75, 3.05) is 5.75 Å². The van der Waals surface area contributed by atoms with E-state index < -0.39 is 11.4 Å². The Morgan fingerprint density at radius 3 is 2.95 bits per heavy atom. The molecule has 1 heterocycles. The van der Waals surface area contributed by atoms with Crippen LogP contribution in [0.3, 0.4) is 0 Å². The van der Waals surface area contributed by atoms with Crippen molar-refractivity contribution in [3.05, 3.63) is 50.8 Å². The van der Waals surface area contributed by atoms with Crippen LogP contribution in [-0.4, -0.2) is 15.9 Å². The summed E-state index contributed by atoms with van der Waals surface area (Å²) in [5.41, 5.74) is 0.583. The maximum atomic E-state index is 11.5. The van der Waals surface area contributed by atoms with Crippen molar-refractivity contribution in [1.29, 1.82) is 0 Å². The number of fused-ring (bicyclic) bond motifs is 1. The Balaban J connectivity index is 2.29. The maximum absolute atomic E-state index is 11.5. The summed E-state index contributed by atoms with van der Waals surface area (Å²) in [4.78, 5) is 35.7. The molecule has 6 heteroatoms. The zero-order valence-corrected chi connectivity index (χ0v) is 11.0. The van der Waals surface area contributed by atoms with E-state index in [2.05, 4.69) is 9.40 Å². The molecule has 0 saturated heterocycles. The predicted molar refractivity (Wildman–Crippen MR) is 75.3 cm³/mol. The number of carbonyl (C=O) groups excluding carboxylic acids is 1. The van der Waals surface area contributed by atoms with Crippen molar-refractivity contribution < 1.29 is 9.21 Å². The summed E-state index contributed by atoms with van der Waals surface area (Å²) < 4.78 is 4.46. The first-order valence-electron chi connectivity index (χ1n) is 5.53. The Kier molecular flexibility index (Phi) is 4.01. The Hall–Kier alpha value is -2.08. The van der Waals surface area contributed by atoms with E-state index in [1.165, 1.54) is 18.7 Å². The second kappa shape index (κ2) is 5.71. The normalized spacial score (nSPS) is 11.2. The lowest BCUT2D eigenvalue weighted by atomic mass is 10.1. The first kappa shape index (κ1) is 13.4. The van der Waals surface area contributed by atoms with Gasteiger partial charge in [-0.15, -0.1) is 0 Å². The Morgan fingerprint density at radius 1 is 1.42 bits per heavy atom. The molecule has 5 nitrogen and oxygen atoms in total. The van der Waals surface area contributed by atoms with Crippen LogP contribution in [-0.2, 0) is 4.79 Å². The summed E-state index contributed by atoms with van der Waals surface area (Å²) in [6, 6.07) is 5.05. The number of aromatic nitrogens is 1. The third kappa shape index (κ3) is 3.45. The summed E-state index contributed by atoms with van der Waals surface area (Å²) in [5.74, 6) is -0.188. The Morgan fingerprint density at radius 2 is 2.21 bits per heavy atom. The van der Waals surface area contributed by atoms with Gasteiger partial charge in [-0.05, 0) is 17.7 Å². The molecule has 19 heavy (non-hydrogen) atoms. The first-order chi connectivity index (χ1) is 9.06. The average molecular weight is 277 g/mol. The van der Waals surface area contributed by atoms with Gasteiger partial charge < -0.3 is 4.42 Å². The molecule has 0 saturated carbocycles. The number of nitrogens with one attached hydrogen (secondary N) is 1. The SMILES string of the molecule is CC(=O)SCC=Cc1ccc2[nH]c(=O)oc(=O)c2c1. The largest absolute Gasteiger partial charge is 0.419 e. The molecule has 0 unspecified atom stereocenters. The van der Waals surface area contributed by atoms with E-state index in [1.807, 2.05) is 6.08 Å². The number of aromatic amines is 1. The molecule has 0 bridgehead atoms. The second-order valence-corrected chi connectivity index (χ2v) is 5.01. The smallest absolute Gasteiger partial charge is 0.372 e. The Bertz CT molecular complexity index is 757. The topological polar surface area (TPSA) is 80.1 Å². The molecule has 0 spiro atoms. The third-order valence-corrected chi connectivity index (χ3v) is 3.14. The lowest BCUT2D eigenvalue weighted by Crippen LogP contribution is -2.14. The standard InChI is InChI=1S/C13H11NO4S/c1-8(15)19-6-2-3-9-4-5-11-10(7-9)12(16)18-13(17)14-11/h2-5,7H,6H2,1H3,(H,14,17). The van der Waals surface area contributed by atoms with Crippen LogP contribution in [0.2, 0.25) is 0 Å². The molecule has 1 aromatic carbocycles. The van der Waals surface area contributed by atoms with Gasteiger partial charge in [-0.25, -0.2) is 9.59 Å². The molecule has 1 N–H and O–H groups in total. The van der Waals surface area contributed by atoms with Gasteiger partial charge in [-0.2, -0.15) is 0 Å². The van der Waals surface area contributed by atoms with Crippen molar-refractivity contribution in [2.24, 2.45) is 0 Å². The molecular weight excluding hydrogens is 266 g/mol. The molecule has 1 aromatic heterocycles. The molecule has 0 atom stereocenters. The number of benzene rings is 1. The van der Waals surface area contributed by atoms with Crippen molar-refractivity contribution in [1.82, 2.24) is 4.98 Å². The van der Waals surface area contributed by atoms with Crippen molar-refractivity contribution in [3.8, 4) is 0 Å². The fourth-order valence-electron chi connectivity index (χ4n) is 1.57. The van der Waals surface area contributed by atoms with E-state index in [0.29, 0.717) is 16.7 Å². The van der Waals surface area contributed by atoms with Crippen LogP contribution in [0.5, 0.6) is 0 Å². The lowest BCUT2D eigenvalue weighted by molar-refractivity contribution is -0.109. The highest BCUT2D eigenvalue weighted by Crippen LogP contribution is 2.11. The van der Waals surface area contributed by atoms with Crippen molar-refractivity contribution in [2.45, 2.75) is 6.92 Å². The summed E-state index contributed by atoms with van der Waals surface area (Å²) in [7, 11) is 0. The van der Waals surface area contributed by atoms with Gasteiger partial charge in [-0.3, -0.25) is 9.78 Å². The average Bonchev–Trinajstić information content (AvgIpc) is 2.35. The van der Waals surface area contributed by atoms with Crippen molar-refractivity contribution in [3.63, 3.8) is 0 Å². The van der Waals surface area contributed by atoms with Crippen LogP contribution >= 0.6 is 11.8 Å². The van der Waals surface area contributed by atoms with Gasteiger partial charge in [0, 0.05) is 12.7 Å². The zero-order chi connectivity index (χ0) is 13.8. The number of H-pyrrole nitrogens is 1. The number of hydrogen-bond donors (Lipinski definition) is 1. The summed E-state index contributed by atoms with van der Waals surface area (Å²) >= 11 is 1.21. The predicted octanol–water partition coefficient (Wildman–Crippen LogP) is 1.77. The van der Waals surface area contributed by atoms with Crippen LogP contribution in [0.1, 0.15) is 12.5 Å². The summed E-state index contributed by atoms with van der Waals surface area (Å²) in [6.45, 7) is 1.51. The van der Waals surface area contributed by atoms with Gasteiger partial charge in [-0.1, -0.05) is 30.0 Å². The van der Waals surface area contributed by atoms with Gasteiger partial charge >= 0.3 is 11.4 Å². The molecule has 0 radical (unpaired) electrons. The van der Waals surface area contributed by atoms with E-state index in [-0.39, 0.29) is 5.12 Å². The van der Waals surface area contributed by atoms with Crippen LogP contribution in [0.4, 0.5) is 0 Å². The number of rotatable bonds is 3. The minimum Gasteiger partial charge on any atom is -0.372 e. The highest BCUT2D eigenvalue weighted by atomic mass is 32.2. The molecule has 2 aromatic rings. The number of thioether (sulfide) groups is 1. The minimum absolute atomic E-state index is 0.0568. The van der Waals surface area contributed by atoms with Gasteiger partial charge in [0.05, 0.1) is 10.9 Å². The highest BCUT2D eigenvalue weighted by Gasteiger charge is 2.02. The summed E-state index contributed by atoms with van der Waals surface area (Å²) in [6.07, 6.45) is 3.64. The van der Waals surface area contributed by atoms with Crippen LogP contribution < -0.4 is 11.4 Å². The van der Waals surface area contributed by atoms with E-state index in [9.17, 15) is 14.4 Å². The number of hydrogen-bond acceptors (Lipinski definition) is 5. The van der Waals surface area contributed by atoms with Crippen LogP contribution in [0.15, 0.2) is 38.3 Å². The minimum atomic E-state index is -0.765. The second-order valence-electron chi connectivity index (χ2n) is 3.81. The van der Waals surface area contributed by atoms with Crippen LogP contribution in [0, 0.1) is 0 Å². The van der Waals surface area contributed by atoms with Gasteiger partial charge in [0.15, 0.2) is 5.12 Å². The van der Waals surface area contributed by atoms with Gasteiger partial charge in [0.25, 0.3) is 0 Å². The van der Waals surface area contributed by atoms with E-state index in [4.69, 9.17) is 0 Å². The van der Waals surface area contributed by atoms with E-state index in [1.54, 1.807) is 24.3 Å². The lowest BCUT2D eigenvalue weighted by Gasteiger charge is -1.97. The maximum Gasteiger partial charge on any atom is 0.419 e. The molecular formula is C13H11NO4S. The van der Waals surface area contributed by atoms with Gasteiger partial charge in [0.2, 0.25) is 0 Å². The fourth-order valence-corrected chi connectivity index (χ4v) is 1.99. The van der Waals surface area contributed by atoms with Gasteiger partial charge in [0.1, 0.15) is 0 Å². The molecule has 0 aliphatic heterocycles. The van der Waals surface area contributed by atoms with Crippen molar-refractivity contribution >= 4 is 33.9 Å². The van der Waals surface area contributed by atoms with E-state index in [0.717, 1.165) is 5.56 Å². The third-order valence-electron chi connectivity index (χ3n) is 2.38. The molecule has 2 rings (SSSR count). The Labute approximate surface area is 112 Å². The molecule has 0 fully saturated rings. The quantitative estimate of drug-likeness (QED) is 0.924. The highest BCUT2D eigenvalue weighted by molar-refractivity contribution is 8.13. The monoisotopic (exact) mass is 277 g/mol. The van der Waals surface area contributed by atoms with Crippen LogP contribution in [0.25, 0.3) is 17.0 Å². The molecule has 98 valence electrons. The first-order valence-corrected chi connectivity index (χ1v) is 6.52. The molecule has 0 amide bonds. The molecule has 0 aliphatic rings. The number of carbonyl (C=O) groups is 1. The fraction of sp³-hybridized carbons (Fsp3) is 0.154. The summed E-state index contributed by atoms with van der Waals surface area (Å²) in [5, 5.41) is 0.377. The van der Waals surface area contributed by atoms with E-state index >= 15 is 0 Å².